The lowest BCUT2D eigenvalue weighted by Gasteiger charge is -2.27. The summed E-state index contributed by atoms with van der Waals surface area (Å²) in [6.07, 6.45) is 1.08. The van der Waals surface area contributed by atoms with Crippen LogP contribution in [-0.4, -0.2) is 45.5 Å². The first-order valence-corrected chi connectivity index (χ1v) is 9.67. The van der Waals surface area contributed by atoms with Crippen LogP contribution in [0.5, 0.6) is 5.75 Å². The van der Waals surface area contributed by atoms with Gasteiger partial charge in [-0.05, 0) is 60.1 Å². The van der Waals surface area contributed by atoms with Crippen LogP contribution in [-0.2, 0) is 6.42 Å². The lowest BCUT2D eigenvalue weighted by molar-refractivity contribution is 0.0328. The van der Waals surface area contributed by atoms with Crippen LogP contribution < -0.4 is 0 Å². The molecule has 2 aromatic carbocycles. The van der Waals surface area contributed by atoms with Crippen molar-refractivity contribution in [2.24, 2.45) is 11.8 Å². The topological polar surface area (TPSA) is 63.9 Å². The third-order valence-corrected chi connectivity index (χ3v) is 6.17. The predicted octanol–water partition coefficient (Wildman–Crippen LogP) is 3.02. The molecule has 6 heteroatoms. The molecule has 2 fully saturated rings. The highest BCUT2D eigenvalue weighted by molar-refractivity contribution is 5.29. The molecule has 28 heavy (non-hydrogen) atoms. The van der Waals surface area contributed by atoms with Crippen LogP contribution in [0.1, 0.15) is 30.1 Å². The number of rotatable bonds is 5. The second kappa shape index (κ2) is 7.43. The summed E-state index contributed by atoms with van der Waals surface area (Å²) in [6, 6.07) is 10.2. The molecule has 1 saturated carbocycles. The van der Waals surface area contributed by atoms with Gasteiger partial charge in [-0.15, -0.1) is 0 Å². The van der Waals surface area contributed by atoms with Gasteiger partial charge in [0.15, 0.2) is 11.6 Å². The minimum absolute atomic E-state index is 0.276. The zero-order valence-electron chi connectivity index (χ0n) is 15.6. The van der Waals surface area contributed by atoms with Crippen LogP contribution in [0.2, 0.25) is 0 Å². The van der Waals surface area contributed by atoms with Crippen LogP contribution in [0.15, 0.2) is 42.5 Å². The zero-order valence-corrected chi connectivity index (χ0v) is 15.6. The number of aliphatic hydroxyl groups excluding tert-OH is 1. The average Bonchev–Trinajstić information content (AvgIpc) is 3.13. The molecule has 1 saturated heterocycles. The molecule has 4 atom stereocenters. The molecule has 2 aliphatic rings. The highest BCUT2D eigenvalue weighted by atomic mass is 19.1. The highest BCUT2D eigenvalue weighted by Gasteiger charge is 2.48. The van der Waals surface area contributed by atoms with Gasteiger partial charge in [-0.1, -0.05) is 18.2 Å². The minimum atomic E-state index is -0.827. The van der Waals surface area contributed by atoms with Crippen LogP contribution in [0.25, 0.3) is 0 Å². The van der Waals surface area contributed by atoms with Gasteiger partial charge in [0.25, 0.3) is 0 Å². The van der Waals surface area contributed by atoms with Gasteiger partial charge in [0, 0.05) is 26.1 Å². The van der Waals surface area contributed by atoms with Gasteiger partial charge in [-0.25, -0.2) is 8.78 Å². The average molecular weight is 389 g/mol. The fourth-order valence-corrected chi connectivity index (χ4v) is 4.91. The molecule has 4 rings (SSSR count). The fraction of sp³-hybridized carbons (Fsp3) is 0.455. The van der Waals surface area contributed by atoms with Crippen LogP contribution in [0.3, 0.4) is 0 Å². The number of benzene rings is 2. The maximum absolute atomic E-state index is 13.5. The Morgan fingerprint density at radius 1 is 1.04 bits per heavy atom. The molecule has 0 bridgehead atoms. The maximum Gasteiger partial charge on any atom is 0.165 e. The number of phenols is 1. The molecule has 0 radical (unpaired) electrons. The number of phenolic OH excluding ortho intramolecular Hbond substituents is 1. The van der Waals surface area contributed by atoms with Gasteiger partial charge in [0.05, 0.1) is 11.7 Å². The van der Waals surface area contributed by atoms with E-state index in [1.807, 2.05) is 0 Å². The Labute approximate surface area is 163 Å². The van der Waals surface area contributed by atoms with Gasteiger partial charge >= 0.3 is 0 Å². The maximum atomic E-state index is 13.5. The molecular weight excluding hydrogens is 364 g/mol. The SMILES string of the molecule is Oc1ccc(C(O)CN2C[C@@H]3CC(O)(Cc4ccc(F)cc4)C[C@@H]3C2)cc1F. The van der Waals surface area contributed by atoms with Gasteiger partial charge in [0.1, 0.15) is 5.82 Å². The second-order valence-corrected chi connectivity index (χ2v) is 8.40. The van der Waals surface area contributed by atoms with Crippen molar-refractivity contribution in [3.05, 3.63) is 65.2 Å². The van der Waals surface area contributed by atoms with E-state index in [1.54, 1.807) is 12.1 Å². The van der Waals surface area contributed by atoms with Crippen LogP contribution >= 0.6 is 0 Å². The molecule has 150 valence electrons. The van der Waals surface area contributed by atoms with E-state index in [-0.39, 0.29) is 5.82 Å². The Bertz CT molecular complexity index is 828. The normalized spacial score (nSPS) is 28.4. The smallest absolute Gasteiger partial charge is 0.165 e. The molecule has 3 N–H and O–H groups in total. The first-order valence-electron chi connectivity index (χ1n) is 9.67. The Balaban J connectivity index is 1.33. The van der Waals surface area contributed by atoms with Gasteiger partial charge in [-0.2, -0.15) is 0 Å². The third kappa shape index (κ3) is 4.04. The number of hydrogen-bond acceptors (Lipinski definition) is 4. The third-order valence-electron chi connectivity index (χ3n) is 6.17. The van der Waals surface area contributed by atoms with E-state index in [4.69, 9.17) is 0 Å². The first-order chi connectivity index (χ1) is 13.3. The van der Waals surface area contributed by atoms with E-state index in [0.717, 1.165) is 18.7 Å². The Morgan fingerprint density at radius 2 is 1.68 bits per heavy atom. The van der Waals surface area contributed by atoms with E-state index in [9.17, 15) is 24.1 Å². The number of aliphatic hydroxyl groups is 2. The molecule has 1 aliphatic heterocycles. The Kier molecular flexibility index (Phi) is 5.12. The van der Waals surface area contributed by atoms with Crippen molar-refractivity contribution >= 4 is 0 Å². The van der Waals surface area contributed by atoms with Crippen molar-refractivity contribution < 1.29 is 24.1 Å². The van der Waals surface area contributed by atoms with E-state index >= 15 is 0 Å². The summed E-state index contributed by atoms with van der Waals surface area (Å²) >= 11 is 0. The van der Waals surface area contributed by atoms with Gasteiger partial charge < -0.3 is 15.3 Å². The fourth-order valence-electron chi connectivity index (χ4n) is 4.91. The lowest BCUT2D eigenvalue weighted by Crippen LogP contribution is -2.33. The standard InChI is InChI=1S/C22H25F2NO3/c23-18-4-1-14(2-5-18)8-22(28)9-16-11-25(12-17(16)10-22)13-21(27)15-3-6-20(26)19(24)7-15/h1-7,16-17,21,26-28H,8-13H2/t16-,17+,21?,22?. The Morgan fingerprint density at radius 3 is 2.29 bits per heavy atom. The quantitative estimate of drug-likeness (QED) is 0.736. The number of nitrogens with zero attached hydrogens (tertiary/aromatic N) is 1. The van der Waals surface area contributed by atoms with E-state index < -0.39 is 23.3 Å². The first kappa shape index (κ1) is 19.3. The van der Waals surface area contributed by atoms with Crippen molar-refractivity contribution in [1.82, 2.24) is 4.90 Å². The monoisotopic (exact) mass is 389 g/mol. The highest BCUT2D eigenvalue weighted by Crippen LogP contribution is 2.45. The predicted molar refractivity (Wildman–Crippen MR) is 101 cm³/mol. The number of fused-ring (bicyclic) bond motifs is 1. The summed E-state index contributed by atoms with van der Waals surface area (Å²) in [7, 11) is 0. The van der Waals surface area contributed by atoms with Gasteiger partial charge in [-0.3, -0.25) is 4.90 Å². The number of aromatic hydroxyl groups is 1. The van der Waals surface area contributed by atoms with Crippen LogP contribution in [0.4, 0.5) is 8.78 Å². The molecule has 0 spiro atoms. The molecular formula is C22H25F2NO3. The van der Waals surface area contributed by atoms with Crippen molar-refractivity contribution in [1.29, 1.82) is 0 Å². The molecule has 2 unspecified atom stereocenters. The van der Waals surface area contributed by atoms with E-state index in [1.165, 1.54) is 30.3 Å². The summed E-state index contributed by atoms with van der Waals surface area (Å²) < 4.78 is 26.6. The summed E-state index contributed by atoms with van der Waals surface area (Å²) in [4.78, 5) is 2.15. The summed E-state index contributed by atoms with van der Waals surface area (Å²) in [5.41, 5.74) is 0.614. The number of likely N-dealkylation sites (tertiary alicyclic amines) is 1. The summed E-state index contributed by atoms with van der Waals surface area (Å²) in [5.74, 6) is -0.724. The number of halogens is 2. The largest absolute Gasteiger partial charge is 0.505 e. The van der Waals surface area contributed by atoms with Crippen molar-refractivity contribution in [3.8, 4) is 5.75 Å². The summed E-state index contributed by atoms with van der Waals surface area (Å²) in [6.45, 7) is 1.97. The molecule has 4 nitrogen and oxygen atoms in total. The zero-order chi connectivity index (χ0) is 19.9. The molecule has 1 aliphatic carbocycles. The number of hydrogen-bond donors (Lipinski definition) is 3. The van der Waals surface area contributed by atoms with Crippen LogP contribution in [0, 0.1) is 23.5 Å². The number of β-amino-alcohol motifs (C(OH)–C–C–N with tert-alkyl or cyclic N) is 1. The minimum Gasteiger partial charge on any atom is -0.505 e. The molecule has 0 aromatic heterocycles. The van der Waals surface area contributed by atoms with Crippen molar-refractivity contribution in [2.45, 2.75) is 31.0 Å². The van der Waals surface area contributed by atoms with Crippen molar-refractivity contribution in [2.75, 3.05) is 19.6 Å². The summed E-state index contributed by atoms with van der Waals surface area (Å²) in [5, 5.41) is 30.7. The second-order valence-electron chi connectivity index (χ2n) is 8.40. The van der Waals surface area contributed by atoms with Crippen molar-refractivity contribution in [3.63, 3.8) is 0 Å². The van der Waals surface area contributed by atoms with E-state index in [2.05, 4.69) is 4.90 Å². The Hall–Kier alpha value is -2.02. The van der Waals surface area contributed by atoms with Gasteiger partial charge in [0.2, 0.25) is 0 Å². The molecule has 2 aromatic rings. The van der Waals surface area contributed by atoms with E-state index in [0.29, 0.717) is 43.2 Å². The molecule has 1 heterocycles. The molecule has 0 amide bonds. The lowest BCUT2D eigenvalue weighted by atomic mass is 9.91.